The zero-order valence-electron chi connectivity index (χ0n) is 17.6. The number of ketones is 1. The molecule has 0 saturated carbocycles. The van der Waals surface area contributed by atoms with Gasteiger partial charge in [-0.1, -0.05) is 60.2 Å². The van der Waals surface area contributed by atoms with E-state index in [0.717, 1.165) is 25.3 Å². The number of methoxy groups -OCH3 is 2. The van der Waals surface area contributed by atoms with Crippen LogP contribution in [0.5, 0.6) is 0 Å². The Hall–Kier alpha value is -3.68. The maximum atomic E-state index is 12.8. The highest BCUT2D eigenvalue weighted by Gasteiger charge is 2.39. The van der Waals surface area contributed by atoms with Crippen molar-refractivity contribution in [1.29, 1.82) is 0 Å². The highest BCUT2D eigenvalue weighted by molar-refractivity contribution is 6.00. The lowest BCUT2D eigenvalue weighted by molar-refractivity contribution is -0.160. The van der Waals surface area contributed by atoms with Crippen LogP contribution < -0.4 is 5.32 Å². The van der Waals surface area contributed by atoms with Gasteiger partial charge in [-0.3, -0.25) is 14.4 Å². The number of amides is 1. The quantitative estimate of drug-likeness (QED) is 0.284. The molecule has 2 rings (SSSR count). The molecule has 0 aliphatic carbocycles. The number of benzene rings is 2. The molecule has 2 aromatic rings. The number of nitrogens with one attached hydrogen (secondary N) is 1. The summed E-state index contributed by atoms with van der Waals surface area (Å²) in [6.07, 6.45) is -1.22. The van der Waals surface area contributed by atoms with Crippen molar-refractivity contribution in [1.82, 2.24) is 5.32 Å². The zero-order valence-corrected chi connectivity index (χ0v) is 17.6. The molecule has 0 fully saturated rings. The first-order valence-electron chi connectivity index (χ1n) is 9.58. The smallest absolute Gasteiger partial charge is 0.407 e. The number of carbonyl (C=O) groups is 4. The number of aryl methyl sites for hydroxylation is 1. The van der Waals surface area contributed by atoms with Crippen LogP contribution in [0.2, 0.25) is 0 Å². The number of hydrogen-bond acceptors (Lipinski definition) is 7. The van der Waals surface area contributed by atoms with Crippen LogP contribution in [0.25, 0.3) is 0 Å². The SMILES string of the molecule is COC(=O)C(C(=O)OC)C(CC(=O)c1ccc(C)cc1)NC(=O)OCc1ccccc1. The monoisotopic (exact) mass is 427 g/mol. The predicted molar refractivity (Wildman–Crippen MR) is 111 cm³/mol. The van der Waals surface area contributed by atoms with Gasteiger partial charge in [-0.2, -0.15) is 0 Å². The van der Waals surface area contributed by atoms with E-state index in [1.807, 2.05) is 13.0 Å². The number of rotatable bonds is 9. The Labute approximate surface area is 180 Å². The molecule has 0 aromatic heterocycles. The number of Topliss-reactive ketones (excluding diaryl/α,β-unsaturated/α-hetero) is 1. The molecule has 0 aliphatic heterocycles. The fourth-order valence-electron chi connectivity index (χ4n) is 2.90. The van der Waals surface area contributed by atoms with Gasteiger partial charge in [0, 0.05) is 12.0 Å². The van der Waals surface area contributed by atoms with Gasteiger partial charge in [0.25, 0.3) is 0 Å². The van der Waals surface area contributed by atoms with Crippen LogP contribution in [0.1, 0.15) is 27.9 Å². The van der Waals surface area contributed by atoms with Crippen molar-refractivity contribution in [2.75, 3.05) is 14.2 Å². The second-order valence-electron chi connectivity index (χ2n) is 6.83. The summed E-state index contributed by atoms with van der Waals surface area (Å²) in [6.45, 7) is 1.86. The number of esters is 2. The first-order valence-corrected chi connectivity index (χ1v) is 9.58. The first kappa shape index (κ1) is 23.6. The largest absolute Gasteiger partial charge is 0.468 e. The fourth-order valence-corrected chi connectivity index (χ4v) is 2.90. The van der Waals surface area contributed by atoms with E-state index < -0.39 is 30.0 Å². The summed E-state index contributed by atoms with van der Waals surface area (Å²) in [4.78, 5) is 49.6. The van der Waals surface area contributed by atoms with Crippen LogP contribution in [0.4, 0.5) is 4.79 Å². The third-order valence-electron chi connectivity index (χ3n) is 4.61. The van der Waals surface area contributed by atoms with Crippen LogP contribution in [0.15, 0.2) is 54.6 Å². The van der Waals surface area contributed by atoms with Crippen molar-refractivity contribution in [2.24, 2.45) is 5.92 Å². The van der Waals surface area contributed by atoms with E-state index in [1.165, 1.54) is 0 Å². The van der Waals surface area contributed by atoms with Crippen LogP contribution >= 0.6 is 0 Å². The normalized spacial score (nSPS) is 11.4. The summed E-state index contributed by atoms with van der Waals surface area (Å²) >= 11 is 0. The van der Waals surface area contributed by atoms with E-state index in [0.29, 0.717) is 5.56 Å². The second-order valence-corrected chi connectivity index (χ2v) is 6.83. The summed E-state index contributed by atoms with van der Waals surface area (Å²) in [5, 5.41) is 2.45. The molecule has 0 heterocycles. The molecule has 0 spiro atoms. The van der Waals surface area contributed by atoms with E-state index in [-0.39, 0.29) is 18.8 Å². The molecule has 1 N–H and O–H groups in total. The van der Waals surface area contributed by atoms with E-state index in [2.05, 4.69) is 14.8 Å². The molecule has 0 bridgehead atoms. The first-order chi connectivity index (χ1) is 14.8. The minimum atomic E-state index is -1.53. The van der Waals surface area contributed by atoms with Crippen molar-refractivity contribution < 1.29 is 33.4 Å². The lowest BCUT2D eigenvalue weighted by atomic mass is 9.92. The van der Waals surface area contributed by atoms with Crippen LogP contribution in [0.3, 0.4) is 0 Å². The van der Waals surface area contributed by atoms with Crippen molar-refractivity contribution in [3.63, 3.8) is 0 Å². The summed E-state index contributed by atoms with van der Waals surface area (Å²) < 4.78 is 14.5. The van der Waals surface area contributed by atoms with Gasteiger partial charge in [0.1, 0.15) is 6.61 Å². The average Bonchev–Trinajstić information content (AvgIpc) is 2.78. The Kier molecular flexibility index (Phi) is 8.75. The van der Waals surface area contributed by atoms with Crippen molar-refractivity contribution in [3.05, 3.63) is 71.3 Å². The van der Waals surface area contributed by atoms with Crippen LogP contribution in [-0.4, -0.2) is 44.1 Å². The Bertz CT molecular complexity index is 893. The van der Waals surface area contributed by atoms with Gasteiger partial charge < -0.3 is 19.5 Å². The van der Waals surface area contributed by atoms with Gasteiger partial charge in [0.2, 0.25) is 0 Å². The number of alkyl carbamates (subject to hydrolysis) is 1. The van der Waals surface area contributed by atoms with Crippen molar-refractivity contribution in [3.8, 4) is 0 Å². The van der Waals surface area contributed by atoms with Gasteiger partial charge in [-0.25, -0.2) is 4.79 Å². The molecule has 2 aromatic carbocycles. The second kappa shape index (κ2) is 11.5. The van der Waals surface area contributed by atoms with Gasteiger partial charge >= 0.3 is 18.0 Å². The molecule has 164 valence electrons. The van der Waals surface area contributed by atoms with E-state index in [9.17, 15) is 19.2 Å². The summed E-state index contributed by atoms with van der Waals surface area (Å²) in [7, 11) is 2.20. The lowest BCUT2D eigenvalue weighted by Crippen LogP contribution is -2.48. The molecule has 1 amide bonds. The van der Waals surface area contributed by atoms with Gasteiger partial charge in [0.15, 0.2) is 11.7 Å². The molecular formula is C23H25NO7. The van der Waals surface area contributed by atoms with Gasteiger partial charge in [0.05, 0.1) is 20.3 Å². The van der Waals surface area contributed by atoms with E-state index in [1.54, 1.807) is 48.5 Å². The zero-order chi connectivity index (χ0) is 22.8. The Balaban J connectivity index is 2.19. The van der Waals surface area contributed by atoms with Crippen molar-refractivity contribution in [2.45, 2.75) is 26.0 Å². The van der Waals surface area contributed by atoms with Crippen molar-refractivity contribution >= 4 is 23.8 Å². The number of hydrogen-bond donors (Lipinski definition) is 1. The van der Waals surface area contributed by atoms with E-state index >= 15 is 0 Å². The molecule has 0 saturated heterocycles. The maximum absolute atomic E-state index is 12.8. The van der Waals surface area contributed by atoms with Crippen LogP contribution in [0, 0.1) is 12.8 Å². The molecule has 0 aliphatic rings. The third-order valence-corrected chi connectivity index (χ3v) is 4.61. The molecule has 1 atom stereocenters. The van der Waals surface area contributed by atoms with Crippen LogP contribution in [-0.2, 0) is 30.4 Å². The highest BCUT2D eigenvalue weighted by atomic mass is 16.6. The Morgan fingerprint density at radius 3 is 2.00 bits per heavy atom. The molecule has 31 heavy (non-hydrogen) atoms. The summed E-state index contributed by atoms with van der Waals surface area (Å²) in [5.41, 5.74) is 2.10. The number of ether oxygens (including phenoxy) is 3. The lowest BCUT2D eigenvalue weighted by Gasteiger charge is -2.23. The summed E-state index contributed by atoms with van der Waals surface area (Å²) in [5.74, 6) is -3.77. The van der Waals surface area contributed by atoms with Gasteiger partial charge in [-0.05, 0) is 12.5 Å². The third kappa shape index (κ3) is 6.95. The fraction of sp³-hybridized carbons (Fsp3) is 0.304. The molecule has 8 nitrogen and oxygen atoms in total. The average molecular weight is 427 g/mol. The maximum Gasteiger partial charge on any atom is 0.407 e. The predicted octanol–water partition coefficient (Wildman–Crippen LogP) is 2.83. The molecule has 0 radical (unpaired) electrons. The topological polar surface area (TPSA) is 108 Å². The standard InChI is InChI=1S/C23H25NO7/c1-15-9-11-17(12-10-15)19(25)13-18(20(21(26)29-2)22(27)30-3)24-23(28)31-14-16-7-5-4-6-8-16/h4-12,18,20H,13-14H2,1-3H3,(H,24,28). The minimum Gasteiger partial charge on any atom is -0.468 e. The number of carbonyl (C=O) groups excluding carboxylic acids is 4. The Morgan fingerprint density at radius 1 is 0.871 bits per heavy atom. The highest BCUT2D eigenvalue weighted by Crippen LogP contribution is 2.17. The summed E-state index contributed by atoms with van der Waals surface area (Å²) in [6, 6.07) is 14.5. The minimum absolute atomic E-state index is 0.0214. The van der Waals surface area contributed by atoms with E-state index in [4.69, 9.17) is 4.74 Å². The molecule has 1 unspecified atom stereocenters. The Morgan fingerprint density at radius 2 is 1.45 bits per heavy atom. The molecular weight excluding hydrogens is 402 g/mol. The van der Waals surface area contributed by atoms with Gasteiger partial charge in [-0.15, -0.1) is 0 Å². The molecule has 8 heteroatoms.